The molecule has 0 amide bonds. The zero-order valence-corrected chi connectivity index (χ0v) is 18.0. The van der Waals surface area contributed by atoms with Gasteiger partial charge in [-0.2, -0.15) is 9.56 Å². The van der Waals surface area contributed by atoms with Crippen LogP contribution in [0.25, 0.3) is 11.4 Å². The molecule has 2 aromatic rings. The molecular formula is C21H23N6O3S+. The number of benzene rings is 1. The van der Waals surface area contributed by atoms with Crippen molar-refractivity contribution in [3.8, 4) is 11.4 Å². The van der Waals surface area contributed by atoms with Crippen LogP contribution in [0.5, 0.6) is 0 Å². The standard InChI is InChI=1S/C21H23N6O3S/c1-31(28,29)25-17-11-15(18-13-27-9-5-6-19(27)22-18)10-16(12-17)21-23-20(30-24-21)14-26-7-3-2-4-8-26/h5-6,9-13,25H,2-4,7-8,14H2,1H3/q+1. The van der Waals surface area contributed by atoms with E-state index in [0.29, 0.717) is 29.5 Å². The summed E-state index contributed by atoms with van der Waals surface area (Å²) in [7, 11) is -3.45. The average Bonchev–Trinajstić information content (AvgIpc) is 3.43. The Morgan fingerprint density at radius 1 is 1.16 bits per heavy atom. The predicted octanol–water partition coefficient (Wildman–Crippen LogP) is 2.35. The van der Waals surface area contributed by atoms with Crippen LogP contribution in [0.1, 0.15) is 30.7 Å². The van der Waals surface area contributed by atoms with Crippen molar-refractivity contribution in [2.45, 2.75) is 25.8 Å². The number of hydrogen-bond acceptors (Lipinski definition) is 7. The van der Waals surface area contributed by atoms with Crippen molar-refractivity contribution in [2.24, 2.45) is 4.99 Å². The number of piperidine rings is 1. The fraction of sp³-hybridized carbons (Fsp3) is 0.333. The molecule has 0 atom stereocenters. The van der Waals surface area contributed by atoms with Gasteiger partial charge in [0.25, 0.3) is 0 Å². The Hall–Kier alpha value is -3.11. The molecule has 0 saturated carbocycles. The summed E-state index contributed by atoms with van der Waals surface area (Å²) in [5.74, 6) is 1.80. The first-order chi connectivity index (χ1) is 14.9. The lowest BCUT2D eigenvalue weighted by atomic mass is 10.1. The van der Waals surface area contributed by atoms with E-state index in [1.807, 2.05) is 35.2 Å². The summed E-state index contributed by atoms with van der Waals surface area (Å²) in [4.78, 5) is 11.5. The maximum absolute atomic E-state index is 11.8. The van der Waals surface area contributed by atoms with Gasteiger partial charge in [-0.05, 0) is 55.2 Å². The Labute approximate surface area is 180 Å². The molecule has 1 fully saturated rings. The van der Waals surface area contributed by atoms with E-state index in [0.717, 1.165) is 36.4 Å². The summed E-state index contributed by atoms with van der Waals surface area (Å²) in [6, 6.07) is 5.35. The van der Waals surface area contributed by atoms with Gasteiger partial charge in [0.05, 0.1) is 19.0 Å². The zero-order valence-electron chi connectivity index (χ0n) is 17.2. The first kappa shape index (κ1) is 19.8. The van der Waals surface area contributed by atoms with Gasteiger partial charge < -0.3 is 4.52 Å². The normalized spacial score (nSPS) is 18.5. The van der Waals surface area contributed by atoms with Gasteiger partial charge >= 0.3 is 5.82 Å². The average molecular weight is 440 g/mol. The number of sulfonamides is 1. The second-order valence-corrected chi connectivity index (χ2v) is 9.67. The van der Waals surface area contributed by atoms with E-state index in [9.17, 15) is 8.42 Å². The zero-order chi connectivity index (χ0) is 21.4. The molecule has 0 spiro atoms. The van der Waals surface area contributed by atoms with Crippen molar-refractivity contribution in [2.75, 3.05) is 24.1 Å². The number of fused-ring (bicyclic) bond motifs is 1. The molecule has 1 N–H and O–H groups in total. The minimum atomic E-state index is -3.45. The monoisotopic (exact) mass is 439 g/mol. The minimum absolute atomic E-state index is 0.420. The van der Waals surface area contributed by atoms with Crippen LogP contribution in [0.4, 0.5) is 5.69 Å². The Morgan fingerprint density at radius 2 is 1.97 bits per heavy atom. The van der Waals surface area contributed by atoms with Gasteiger partial charge in [0.15, 0.2) is 0 Å². The highest BCUT2D eigenvalue weighted by molar-refractivity contribution is 7.92. The summed E-state index contributed by atoms with van der Waals surface area (Å²) in [5.41, 5.74) is 2.57. The second kappa shape index (κ2) is 7.86. The molecule has 160 valence electrons. The van der Waals surface area contributed by atoms with Gasteiger partial charge in [-0.3, -0.25) is 9.62 Å². The van der Waals surface area contributed by atoms with Crippen molar-refractivity contribution in [3.05, 3.63) is 53.8 Å². The lowest BCUT2D eigenvalue weighted by Crippen LogP contribution is -2.29. The molecule has 0 radical (unpaired) electrons. The van der Waals surface area contributed by atoms with Gasteiger partial charge in [0.1, 0.15) is 6.21 Å². The molecule has 4 heterocycles. The van der Waals surface area contributed by atoms with Gasteiger partial charge in [0.2, 0.25) is 27.5 Å². The molecule has 1 aromatic heterocycles. The van der Waals surface area contributed by atoms with Crippen LogP contribution in [-0.4, -0.2) is 59.3 Å². The smallest absolute Gasteiger partial charge is 0.328 e. The van der Waals surface area contributed by atoms with Crippen LogP contribution < -0.4 is 4.72 Å². The molecule has 1 aromatic carbocycles. The number of nitrogens with zero attached hydrogens (tertiary/aromatic N) is 5. The van der Waals surface area contributed by atoms with Crippen molar-refractivity contribution in [1.82, 2.24) is 15.0 Å². The Morgan fingerprint density at radius 3 is 2.74 bits per heavy atom. The third-order valence-corrected chi connectivity index (χ3v) is 5.93. The molecule has 31 heavy (non-hydrogen) atoms. The summed E-state index contributed by atoms with van der Waals surface area (Å²) in [6.07, 6.45) is 12.4. The van der Waals surface area contributed by atoms with Crippen LogP contribution >= 0.6 is 0 Å². The van der Waals surface area contributed by atoms with Gasteiger partial charge in [-0.25, -0.2) is 8.42 Å². The number of aliphatic imine (C=N–C) groups is 1. The SMILES string of the molecule is CS(=O)(=O)Nc1cc(C2=NC3=CC=C[N+]3=C2)cc(-c2noc(CN3CCCCC3)n2)c1. The van der Waals surface area contributed by atoms with Crippen LogP contribution in [0, 0.1) is 0 Å². The number of aromatic nitrogens is 2. The third-order valence-electron chi connectivity index (χ3n) is 5.32. The van der Waals surface area contributed by atoms with E-state index in [1.54, 1.807) is 12.1 Å². The van der Waals surface area contributed by atoms with Crippen molar-refractivity contribution in [3.63, 3.8) is 0 Å². The van der Waals surface area contributed by atoms with Gasteiger partial charge in [-0.15, -0.1) is 0 Å². The van der Waals surface area contributed by atoms with E-state index in [-0.39, 0.29) is 0 Å². The molecule has 0 bridgehead atoms. The summed E-state index contributed by atoms with van der Waals surface area (Å²) >= 11 is 0. The molecule has 1 saturated heterocycles. The second-order valence-electron chi connectivity index (χ2n) is 7.92. The first-order valence-electron chi connectivity index (χ1n) is 10.2. The lowest BCUT2D eigenvalue weighted by Gasteiger charge is -2.24. The summed E-state index contributed by atoms with van der Waals surface area (Å²) < 4.78 is 33.6. The number of rotatable bonds is 6. The number of hydrogen-bond donors (Lipinski definition) is 1. The van der Waals surface area contributed by atoms with Crippen LogP contribution in [0.2, 0.25) is 0 Å². The van der Waals surface area contributed by atoms with E-state index < -0.39 is 10.0 Å². The molecular weight excluding hydrogens is 416 g/mol. The minimum Gasteiger partial charge on any atom is -0.338 e. The lowest BCUT2D eigenvalue weighted by molar-refractivity contribution is -0.386. The van der Waals surface area contributed by atoms with Crippen LogP contribution in [0.3, 0.4) is 0 Å². The topological polar surface area (TPSA) is 104 Å². The Bertz CT molecular complexity index is 1250. The number of nitrogens with one attached hydrogen (secondary N) is 1. The molecule has 10 heteroatoms. The molecule has 3 aliphatic rings. The fourth-order valence-electron chi connectivity index (χ4n) is 3.93. The predicted molar refractivity (Wildman–Crippen MR) is 117 cm³/mol. The van der Waals surface area contributed by atoms with E-state index in [1.165, 1.54) is 19.3 Å². The van der Waals surface area contributed by atoms with Crippen LogP contribution in [-0.2, 0) is 16.6 Å². The number of allylic oxidation sites excluding steroid dienone is 2. The maximum Gasteiger partial charge on any atom is 0.328 e. The maximum atomic E-state index is 11.8. The highest BCUT2D eigenvalue weighted by atomic mass is 32.2. The van der Waals surface area contributed by atoms with Crippen LogP contribution in [0.15, 0.2) is 51.9 Å². The van der Waals surface area contributed by atoms with Gasteiger partial charge in [-0.1, -0.05) is 11.6 Å². The molecule has 5 rings (SSSR count). The first-order valence-corrected chi connectivity index (χ1v) is 12.1. The Balaban J connectivity index is 1.47. The molecule has 0 aliphatic carbocycles. The van der Waals surface area contributed by atoms with Crippen molar-refractivity contribution < 1.29 is 17.5 Å². The fourth-order valence-corrected chi connectivity index (χ4v) is 4.48. The highest BCUT2D eigenvalue weighted by Gasteiger charge is 2.26. The highest BCUT2D eigenvalue weighted by Crippen LogP contribution is 2.26. The van der Waals surface area contributed by atoms with Crippen molar-refractivity contribution >= 4 is 27.6 Å². The molecule has 9 nitrogen and oxygen atoms in total. The van der Waals surface area contributed by atoms with E-state index in [4.69, 9.17) is 4.52 Å². The number of likely N-dealkylation sites (tertiary alicyclic amines) is 1. The number of anilines is 1. The van der Waals surface area contributed by atoms with E-state index in [2.05, 4.69) is 24.8 Å². The summed E-state index contributed by atoms with van der Waals surface area (Å²) in [5, 5.41) is 4.14. The Kier molecular flexibility index (Phi) is 5.03. The van der Waals surface area contributed by atoms with Gasteiger partial charge in [0, 0.05) is 22.9 Å². The molecule has 0 unspecified atom stereocenters. The summed E-state index contributed by atoms with van der Waals surface area (Å²) in [6.45, 7) is 2.69. The van der Waals surface area contributed by atoms with E-state index >= 15 is 0 Å². The van der Waals surface area contributed by atoms with Crippen molar-refractivity contribution in [1.29, 1.82) is 0 Å². The quantitative estimate of drug-likeness (QED) is 0.693. The molecule has 3 aliphatic heterocycles. The largest absolute Gasteiger partial charge is 0.338 e. The third kappa shape index (κ3) is 4.49.